The number of carboxylic acids is 1. The monoisotopic (exact) mass is 443 g/mol. The van der Waals surface area contributed by atoms with Gasteiger partial charge in [-0.3, -0.25) is 14.1 Å². The van der Waals surface area contributed by atoms with Gasteiger partial charge in [0.1, 0.15) is 5.75 Å². The molecule has 1 amide bonds. The molecule has 0 bridgehead atoms. The Kier molecular flexibility index (Phi) is 11.4. The van der Waals surface area contributed by atoms with Crippen LogP contribution in [0.5, 0.6) is 5.75 Å². The molecule has 0 aliphatic carbocycles. The van der Waals surface area contributed by atoms with Crippen LogP contribution in [0.1, 0.15) is 58.3 Å². The molecule has 2 N–H and O–H groups in total. The fraction of sp³-hybridized carbons (Fsp3) is 0.619. The SMILES string of the molecule is CC(CCCCC(=O)N(C)c1ccccc1OCCCCCC(=O)O)CS(=O)(=O)O. The number of carboxylic acid groups (broad SMARTS) is 1. The number of ether oxygens (including phenoxy) is 1. The molecule has 1 aromatic carbocycles. The lowest BCUT2D eigenvalue weighted by Crippen LogP contribution is -2.26. The molecule has 0 fully saturated rings. The van der Waals surface area contributed by atoms with Crippen molar-refractivity contribution in [2.24, 2.45) is 5.92 Å². The molecule has 0 heterocycles. The first-order valence-corrected chi connectivity index (χ1v) is 11.9. The number of carbonyl (C=O) groups excluding carboxylic acids is 1. The van der Waals surface area contributed by atoms with Crippen LogP contribution in [-0.2, 0) is 19.7 Å². The summed E-state index contributed by atoms with van der Waals surface area (Å²) in [6.45, 7) is 2.21. The van der Waals surface area contributed by atoms with Crippen molar-refractivity contribution in [3.8, 4) is 5.75 Å². The number of nitrogens with zero attached hydrogens (tertiary/aromatic N) is 1. The molecular formula is C21H33NO7S. The van der Waals surface area contributed by atoms with Gasteiger partial charge < -0.3 is 14.7 Å². The molecule has 1 atom stereocenters. The standard InChI is InChI=1S/C21H33NO7S/c1-17(16-30(26,27)28)10-5-8-13-20(23)22(2)18-11-6-7-12-19(18)29-15-9-3-4-14-21(24)25/h6-7,11-12,17H,3-5,8-10,13-16H2,1-2H3,(H,24,25)(H,26,27,28). The highest BCUT2D eigenvalue weighted by Gasteiger charge is 2.16. The molecule has 0 radical (unpaired) electrons. The lowest BCUT2D eigenvalue weighted by atomic mass is 10.0. The molecule has 0 saturated heterocycles. The number of carbonyl (C=O) groups is 2. The Morgan fingerprint density at radius 1 is 1.07 bits per heavy atom. The van der Waals surface area contributed by atoms with Crippen LogP contribution in [0.2, 0.25) is 0 Å². The van der Waals surface area contributed by atoms with E-state index in [-0.39, 0.29) is 24.0 Å². The number of benzene rings is 1. The van der Waals surface area contributed by atoms with Crippen molar-refractivity contribution in [1.29, 1.82) is 0 Å². The van der Waals surface area contributed by atoms with Crippen molar-refractivity contribution >= 4 is 27.7 Å². The van der Waals surface area contributed by atoms with Crippen molar-refractivity contribution in [3.05, 3.63) is 24.3 Å². The maximum atomic E-state index is 12.5. The second-order valence-corrected chi connectivity index (χ2v) is 9.07. The summed E-state index contributed by atoms with van der Waals surface area (Å²) in [5, 5.41) is 8.64. The Balaban J connectivity index is 2.43. The van der Waals surface area contributed by atoms with Gasteiger partial charge >= 0.3 is 5.97 Å². The van der Waals surface area contributed by atoms with Crippen LogP contribution >= 0.6 is 0 Å². The van der Waals surface area contributed by atoms with Crippen LogP contribution < -0.4 is 9.64 Å². The number of hydrogen-bond donors (Lipinski definition) is 2. The summed E-state index contributed by atoms with van der Waals surface area (Å²) in [5.41, 5.74) is 0.674. The van der Waals surface area contributed by atoms with Gasteiger partial charge in [0.2, 0.25) is 5.91 Å². The van der Waals surface area contributed by atoms with E-state index >= 15 is 0 Å². The minimum atomic E-state index is -3.96. The van der Waals surface area contributed by atoms with Gasteiger partial charge in [-0.15, -0.1) is 0 Å². The molecule has 0 saturated carbocycles. The normalized spacial score (nSPS) is 12.4. The molecule has 0 spiro atoms. The average molecular weight is 444 g/mol. The van der Waals surface area contributed by atoms with E-state index < -0.39 is 16.1 Å². The van der Waals surface area contributed by atoms with Crippen LogP contribution in [0.25, 0.3) is 0 Å². The number of amides is 1. The summed E-state index contributed by atoms with van der Waals surface area (Å²) < 4.78 is 36.4. The van der Waals surface area contributed by atoms with Crippen molar-refractivity contribution in [3.63, 3.8) is 0 Å². The molecule has 8 nitrogen and oxygen atoms in total. The van der Waals surface area contributed by atoms with E-state index in [1.165, 1.54) is 0 Å². The zero-order valence-corrected chi connectivity index (χ0v) is 18.6. The second kappa shape index (κ2) is 13.2. The third-order valence-corrected chi connectivity index (χ3v) is 5.72. The maximum Gasteiger partial charge on any atom is 0.303 e. The second-order valence-electron chi connectivity index (χ2n) is 7.57. The van der Waals surface area contributed by atoms with Gasteiger partial charge in [0.15, 0.2) is 0 Å². The fourth-order valence-corrected chi connectivity index (χ4v) is 3.99. The van der Waals surface area contributed by atoms with Crippen molar-refractivity contribution in [1.82, 2.24) is 0 Å². The zero-order valence-electron chi connectivity index (χ0n) is 17.7. The number of anilines is 1. The maximum absolute atomic E-state index is 12.5. The predicted molar refractivity (Wildman–Crippen MR) is 115 cm³/mol. The fourth-order valence-electron chi connectivity index (χ4n) is 3.11. The first kappa shape index (κ1) is 25.9. The predicted octanol–water partition coefficient (Wildman–Crippen LogP) is 3.76. The Hall–Kier alpha value is -2.13. The Morgan fingerprint density at radius 3 is 2.40 bits per heavy atom. The molecule has 0 aliphatic heterocycles. The molecule has 0 aliphatic rings. The summed E-state index contributed by atoms with van der Waals surface area (Å²) in [6, 6.07) is 7.27. The topological polar surface area (TPSA) is 121 Å². The first-order valence-electron chi connectivity index (χ1n) is 10.3. The van der Waals surface area contributed by atoms with Gasteiger partial charge in [0.25, 0.3) is 10.1 Å². The summed E-state index contributed by atoms with van der Waals surface area (Å²) in [5.74, 6) is -0.669. The van der Waals surface area contributed by atoms with Gasteiger partial charge in [-0.05, 0) is 50.2 Å². The Morgan fingerprint density at radius 2 is 1.73 bits per heavy atom. The molecule has 1 aromatic rings. The summed E-state index contributed by atoms with van der Waals surface area (Å²) >= 11 is 0. The Labute approximate surface area is 179 Å². The summed E-state index contributed by atoms with van der Waals surface area (Å²) in [7, 11) is -2.27. The number of rotatable bonds is 15. The third kappa shape index (κ3) is 11.2. The quantitative estimate of drug-likeness (QED) is 0.313. The van der Waals surface area contributed by atoms with E-state index in [0.717, 1.165) is 12.8 Å². The van der Waals surface area contributed by atoms with E-state index in [1.54, 1.807) is 24.9 Å². The molecular weight excluding hydrogens is 410 g/mol. The highest BCUT2D eigenvalue weighted by molar-refractivity contribution is 7.85. The van der Waals surface area contributed by atoms with E-state index in [0.29, 0.717) is 50.1 Å². The van der Waals surface area contributed by atoms with Crippen LogP contribution in [0, 0.1) is 5.92 Å². The first-order chi connectivity index (χ1) is 14.1. The highest BCUT2D eigenvalue weighted by Crippen LogP contribution is 2.28. The summed E-state index contributed by atoms with van der Waals surface area (Å²) in [4.78, 5) is 24.6. The van der Waals surface area contributed by atoms with Gasteiger partial charge in [-0.1, -0.05) is 25.5 Å². The summed E-state index contributed by atoms with van der Waals surface area (Å²) in [6.07, 6.45) is 4.55. The van der Waals surface area contributed by atoms with Gasteiger partial charge in [0.05, 0.1) is 18.0 Å². The molecule has 1 unspecified atom stereocenters. The van der Waals surface area contributed by atoms with Gasteiger partial charge in [0, 0.05) is 19.9 Å². The zero-order chi connectivity index (χ0) is 22.6. The van der Waals surface area contributed by atoms with Gasteiger partial charge in [-0.2, -0.15) is 8.42 Å². The third-order valence-electron chi connectivity index (χ3n) is 4.73. The number of para-hydroxylation sites is 2. The van der Waals surface area contributed by atoms with E-state index in [1.807, 2.05) is 18.2 Å². The van der Waals surface area contributed by atoms with Crippen LogP contribution in [-0.4, -0.2) is 49.4 Å². The van der Waals surface area contributed by atoms with E-state index in [2.05, 4.69) is 0 Å². The van der Waals surface area contributed by atoms with Crippen LogP contribution in [0.3, 0.4) is 0 Å². The van der Waals surface area contributed by atoms with Crippen molar-refractivity contribution < 1.29 is 32.4 Å². The van der Waals surface area contributed by atoms with E-state index in [4.69, 9.17) is 14.4 Å². The number of unbranched alkanes of at least 4 members (excludes halogenated alkanes) is 3. The number of aliphatic carboxylic acids is 1. The molecule has 30 heavy (non-hydrogen) atoms. The minimum Gasteiger partial charge on any atom is -0.491 e. The lowest BCUT2D eigenvalue weighted by molar-refractivity contribution is -0.137. The van der Waals surface area contributed by atoms with Crippen LogP contribution in [0.4, 0.5) is 5.69 Å². The molecule has 9 heteroatoms. The molecule has 170 valence electrons. The minimum absolute atomic E-state index is 0.0602. The lowest BCUT2D eigenvalue weighted by Gasteiger charge is -2.21. The highest BCUT2D eigenvalue weighted by atomic mass is 32.2. The van der Waals surface area contributed by atoms with Gasteiger partial charge in [-0.25, -0.2) is 0 Å². The Bertz CT molecular complexity index is 779. The average Bonchev–Trinajstić information content (AvgIpc) is 2.66. The van der Waals surface area contributed by atoms with Crippen LogP contribution in [0.15, 0.2) is 24.3 Å². The van der Waals surface area contributed by atoms with Crippen molar-refractivity contribution in [2.75, 3.05) is 24.3 Å². The number of hydrogen-bond acceptors (Lipinski definition) is 5. The van der Waals surface area contributed by atoms with Crippen molar-refractivity contribution in [2.45, 2.75) is 58.3 Å². The largest absolute Gasteiger partial charge is 0.491 e. The van der Waals surface area contributed by atoms with E-state index in [9.17, 15) is 18.0 Å². The molecule has 1 rings (SSSR count). The smallest absolute Gasteiger partial charge is 0.303 e. The molecule has 0 aromatic heterocycles.